The van der Waals surface area contributed by atoms with Crippen LogP contribution < -0.4 is 4.74 Å². The molecular weight excluding hydrogens is 291 g/mol. The molecule has 0 saturated carbocycles. The van der Waals surface area contributed by atoms with Crippen LogP contribution >= 0.6 is 11.6 Å². The van der Waals surface area contributed by atoms with E-state index >= 15 is 0 Å². The molecule has 1 heterocycles. The average molecular weight is 307 g/mol. The van der Waals surface area contributed by atoms with E-state index in [1.165, 1.54) is 0 Å². The average Bonchev–Trinajstić information content (AvgIpc) is 2.90. The van der Waals surface area contributed by atoms with Crippen LogP contribution in [0.5, 0.6) is 5.75 Å². The van der Waals surface area contributed by atoms with Crippen LogP contribution in [0.1, 0.15) is 28.4 Å². The van der Waals surface area contributed by atoms with Crippen LogP contribution in [-0.2, 0) is 12.8 Å². The molecule has 0 fully saturated rings. The predicted molar refractivity (Wildman–Crippen MR) is 80.5 cm³/mol. The molecule has 2 aromatic rings. The van der Waals surface area contributed by atoms with Crippen LogP contribution in [-0.4, -0.2) is 11.7 Å². The Hall–Kier alpha value is -1.58. The lowest BCUT2D eigenvalue weighted by molar-refractivity contribution is 0.172. The van der Waals surface area contributed by atoms with Crippen molar-refractivity contribution in [3.63, 3.8) is 0 Å². The molecule has 2 aromatic carbocycles. The van der Waals surface area contributed by atoms with Crippen LogP contribution in [0.2, 0.25) is 5.02 Å². The Balaban J connectivity index is 1.92. The SMILES string of the molecule is Cc1cccc(C(O)Cc2cc(Cl)cc3c2OCC3)c1F. The second kappa shape index (κ2) is 5.66. The van der Waals surface area contributed by atoms with E-state index in [2.05, 4.69) is 0 Å². The Bertz CT molecular complexity index is 685. The number of aliphatic hydroxyl groups excluding tert-OH is 1. The van der Waals surface area contributed by atoms with Crippen molar-refractivity contribution in [2.24, 2.45) is 0 Å². The van der Waals surface area contributed by atoms with Gasteiger partial charge in [-0.2, -0.15) is 0 Å². The minimum Gasteiger partial charge on any atom is -0.493 e. The maximum Gasteiger partial charge on any atom is 0.131 e. The number of aliphatic hydroxyl groups is 1. The monoisotopic (exact) mass is 306 g/mol. The molecule has 0 aliphatic carbocycles. The van der Waals surface area contributed by atoms with E-state index in [4.69, 9.17) is 16.3 Å². The van der Waals surface area contributed by atoms with Crippen LogP contribution in [0.15, 0.2) is 30.3 Å². The first-order valence-electron chi connectivity index (χ1n) is 6.93. The van der Waals surface area contributed by atoms with Gasteiger partial charge in [-0.25, -0.2) is 4.39 Å². The van der Waals surface area contributed by atoms with Crippen molar-refractivity contribution in [2.45, 2.75) is 25.9 Å². The fourth-order valence-corrected chi connectivity index (χ4v) is 3.01. The molecule has 0 radical (unpaired) electrons. The quantitative estimate of drug-likeness (QED) is 0.929. The van der Waals surface area contributed by atoms with Crippen molar-refractivity contribution in [2.75, 3.05) is 6.61 Å². The van der Waals surface area contributed by atoms with Gasteiger partial charge >= 0.3 is 0 Å². The summed E-state index contributed by atoms with van der Waals surface area (Å²) in [6.07, 6.45) is 0.179. The summed E-state index contributed by atoms with van der Waals surface area (Å²) in [6, 6.07) is 8.70. The molecule has 0 saturated heterocycles. The van der Waals surface area contributed by atoms with Crippen molar-refractivity contribution in [3.8, 4) is 5.75 Å². The van der Waals surface area contributed by atoms with Crippen LogP contribution in [0, 0.1) is 12.7 Å². The number of aryl methyl sites for hydroxylation is 1. The third kappa shape index (κ3) is 2.76. The number of halogens is 2. The van der Waals surface area contributed by atoms with E-state index in [1.54, 1.807) is 31.2 Å². The lowest BCUT2D eigenvalue weighted by Gasteiger charge is -2.15. The molecule has 2 nitrogen and oxygen atoms in total. The van der Waals surface area contributed by atoms with Crippen LogP contribution in [0.25, 0.3) is 0 Å². The maximum atomic E-state index is 14.1. The summed E-state index contributed by atoms with van der Waals surface area (Å²) in [5.41, 5.74) is 2.71. The van der Waals surface area contributed by atoms with Gasteiger partial charge in [-0.05, 0) is 35.7 Å². The first kappa shape index (κ1) is 14.4. The van der Waals surface area contributed by atoms with E-state index in [0.29, 0.717) is 22.8 Å². The number of fused-ring (bicyclic) bond motifs is 1. The smallest absolute Gasteiger partial charge is 0.131 e. The first-order chi connectivity index (χ1) is 10.1. The molecule has 1 atom stereocenters. The van der Waals surface area contributed by atoms with E-state index in [0.717, 1.165) is 23.3 Å². The van der Waals surface area contributed by atoms with Gasteiger partial charge in [0.25, 0.3) is 0 Å². The van der Waals surface area contributed by atoms with Crippen molar-refractivity contribution >= 4 is 11.6 Å². The molecule has 21 heavy (non-hydrogen) atoms. The normalized spacial score (nSPS) is 14.7. The summed E-state index contributed by atoms with van der Waals surface area (Å²) in [5.74, 6) is 0.427. The molecule has 0 amide bonds. The lowest BCUT2D eigenvalue weighted by atomic mass is 9.97. The topological polar surface area (TPSA) is 29.5 Å². The second-order valence-electron chi connectivity index (χ2n) is 5.35. The zero-order valence-electron chi connectivity index (χ0n) is 11.7. The Labute approximate surface area is 128 Å². The highest BCUT2D eigenvalue weighted by molar-refractivity contribution is 6.30. The first-order valence-corrected chi connectivity index (χ1v) is 7.31. The zero-order chi connectivity index (χ0) is 15.0. The fourth-order valence-electron chi connectivity index (χ4n) is 2.74. The van der Waals surface area contributed by atoms with E-state index < -0.39 is 6.10 Å². The molecule has 1 unspecified atom stereocenters. The highest BCUT2D eigenvalue weighted by atomic mass is 35.5. The Morgan fingerprint density at radius 2 is 2.19 bits per heavy atom. The number of rotatable bonds is 3. The van der Waals surface area contributed by atoms with Gasteiger partial charge in [0, 0.05) is 23.4 Å². The molecule has 1 aliphatic rings. The highest BCUT2D eigenvalue weighted by Crippen LogP contribution is 2.35. The standard InChI is InChI=1S/C17H16ClFO2/c1-10-3-2-4-14(16(10)19)15(20)9-12-8-13(18)7-11-5-6-21-17(11)12/h2-4,7-8,15,20H,5-6,9H2,1H3. The number of hydrogen-bond acceptors (Lipinski definition) is 2. The molecule has 1 aliphatic heterocycles. The molecule has 1 N–H and O–H groups in total. The summed E-state index contributed by atoms with van der Waals surface area (Å²) in [7, 11) is 0. The van der Waals surface area contributed by atoms with Gasteiger partial charge in [-0.1, -0.05) is 29.8 Å². The maximum absolute atomic E-state index is 14.1. The van der Waals surface area contributed by atoms with Crippen LogP contribution in [0.4, 0.5) is 4.39 Å². The molecule has 4 heteroatoms. The van der Waals surface area contributed by atoms with E-state index in [-0.39, 0.29) is 12.2 Å². The van der Waals surface area contributed by atoms with Crippen LogP contribution in [0.3, 0.4) is 0 Å². The van der Waals surface area contributed by atoms with Crippen molar-refractivity contribution < 1.29 is 14.2 Å². The van der Waals surface area contributed by atoms with Gasteiger partial charge < -0.3 is 9.84 Å². The molecular formula is C17H16ClFO2. The lowest BCUT2D eigenvalue weighted by Crippen LogP contribution is -2.06. The van der Waals surface area contributed by atoms with Gasteiger partial charge in [0.1, 0.15) is 11.6 Å². The minimum absolute atomic E-state index is 0.281. The van der Waals surface area contributed by atoms with Crippen molar-refractivity contribution in [1.82, 2.24) is 0 Å². The highest BCUT2D eigenvalue weighted by Gasteiger charge is 2.21. The molecule has 3 rings (SSSR count). The van der Waals surface area contributed by atoms with E-state index in [9.17, 15) is 9.50 Å². The Kier molecular flexibility index (Phi) is 3.87. The predicted octanol–water partition coefficient (Wildman–Crippen LogP) is 4.00. The second-order valence-corrected chi connectivity index (χ2v) is 5.79. The van der Waals surface area contributed by atoms with Crippen molar-refractivity contribution in [1.29, 1.82) is 0 Å². The Morgan fingerprint density at radius 1 is 1.38 bits per heavy atom. The fraction of sp³-hybridized carbons (Fsp3) is 0.294. The van der Waals surface area contributed by atoms with Gasteiger partial charge in [0.2, 0.25) is 0 Å². The number of hydrogen-bond donors (Lipinski definition) is 1. The summed E-state index contributed by atoms with van der Waals surface area (Å²) in [6.45, 7) is 2.31. The number of ether oxygens (including phenoxy) is 1. The summed E-state index contributed by atoms with van der Waals surface area (Å²) >= 11 is 6.10. The Morgan fingerprint density at radius 3 is 3.00 bits per heavy atom. The molecule has 0 bridgehead atoms. The van der Waals surface area contributed by atoms with Gasteiger partial charge in [-0.15, -0.1) is 0 Å². The molecule has 0 aromatic heterocycles. The third-order valence-electron chi connectivity index (χ3n) is 3.82. The van der Waals surface area contributed by atoms with Gasteiger partial charge in [0.05, 0.1) is 12.7 Å². The molecule has 0 spiro atoms. The largest absolute Gasteiger partial charge is 0.493 e. The van der Waals surface area contributed by atoms with E-state index in [1.807, 2.05) is 6.07 Å². The zero-order valence-corrected chi connectivity index (χ0v) is 12.5. The third-order valence-corrected chi connectivity index (χ3v) is 4.04. The van der Waals surface area contributed by atoms with Crippen molar-refractivity contribution in [3.05, 3.63) is 63.4 Å². The summed E-state index contributed by atoms with van der Waals surface area (Å²) in [4.78, 5) is 0. The molecule has 110 valence electrons. The minimum atomic E-state index is -0.920. The summed E-state index contributed by atoms with van der Waals surface area (Å²) in [5, 5.41) is 11.0. The summed E-state index contributed by atoms with van der Waals surface area (Å²) < 4.78 is 19.7. The van der Waals surface area contributed by atoms with Gasteiger partial charge in [-0.3, -0.25) is 0 Å². The van der Waals surface area contributed by atoms with Gasteiger partial charge in [0.15, 0.2) is 0 Å². The number of benzene rings is 2.